The lowest BCUT2D eigenvalue weighted by Crippen LogP contribution is -2.46. The molecule has 1 unspecified atom stereocenters. The highest BCUT2D eigenvalue weighted by molar-refractivity contribution is 5.84. The Bertz CT molecular complexity index is 785. The van der Waals surface area contributed by atoms with Gasteiger partial charge < -0.3 is 10.4 Å². The van der Waals surface area contributed by atoms with Crippen molar-refractivity contribution in [2.45, 2.75) is 31.8 Å². The van der Waals surface area contributed by atoms with Gasteiger partial charge in [0.15, 0.2) is 0 Å². The second kappa shape index (κ2) is 5.37. The fourth-order valence-corrected chi connectivity index (χ4v) is 2.99. The molecule has 2 aromatic rings. The Morgan fingerprint density at radius 2 is 2.14 bits per heavy atom. The number of benzene rings is 1. The first-order valence-electron chi connectivity index (χ1n) is 7.24. The zero-order valence-corrected chi connectivity index (χ0v) is 12.0. The number of aryl methyl sites for hydroxylation is 1. The van der Waals surface area contributed by atoms with Gasteiger partial charge in [0.1, 0.15) is 11.1 Å². The third kappa shape index (κ3) is 2.35. The summed E-state index contributed by atoms with van der Waals surface area (Å²) in [6.45, 7) is 1.26. The zero-order valence-electron chi connectivity index (χ0n) is 12.0. The smallest absolute Gasteiger partial charge is 0.331 e. The van der Waals surface area contributed by atoms with Crippen LogP contribution in [0.3, 0.4) is 0 Å². The quantitative estimate of drug-likeness (QED) is 0.846. The van der Waals surface area contributed by atoms with E-state index in [0.29, 0.717) is 12.1 Å². The summed E-state index contributed by atoms with van der Waals surface area (Å²) in [5.74, 6) is -0.0848. The average Bonchev–Trinajstić information content (AvgIpc) is 2.50. The van der Waals surface area contributed by atoms with Crippen molar-refractivity contribution in [1.29, 1.82) is 0 Å². The van der Waals surface area contributed by atoms with E-state index < -0.39 is 5.56 Å². The fraction of sp³-hybridized carbons (Fsp3) is 0.467. The van der Waals surface area contributed by atoms with Crippen molar-refractivity contribution in [3.8, 4) is 5.75 Å². The van der Waals surface area contributed by atoms with Gasteiger partial charge in [-0.05, 0) is 31.5 Å². The van der Waals surface area contributed by atoms with E-state index in [1.54, 1.807) is 19.2 Å². The molecule has 0 saturated carbocycles. The number of phenols is 1. The highest BCUT2D eigenvalue weighted by Crippen LogP contribution is 2.19. The summed E-state index contributed by atoms with van der Waals surface area (Å²) in [5.41, 5.74) is -0.304. The summed E-state index contributed by atoms with van der Waals surface area (Å²) in [6.07, 6.45) is 3.18. The molecule has 1 atom stereocenters. The van der Waals surface area contributed by atoms with Crippen LogP contribution in [0.2, 0.25) is 0 Å². The molecular weight excluding hydrogens is 270 g/mol. The number of phenolic OH excluding ortho intramolecular Hbond substituents is 1. The fourth-order valence-electron chi connectivity index (χ4n) is 2.99. The molecule has 0 amide bonds. The second-order valence-electron chi connectivity index (χ2n) is 5.58. The monoisotopic (exact) mass is 289 g/mol. The molecule has 0 radical (unpaired) electrons. The maximum absolute atomic E-state index is 12.6. The molecule has 6 nitrogen and oxygen atoms in total. The average molecular weight is 289 g/mol. The van der Waals surface area contributed by atoms with Gasteiger partial charge in [-0.1, -0.05) is 12.5 Å². The lowest BCUT2D eigenvalue weighted by Gasteiger charge is -2.24. The van der Waals surface area contributed by atoms with Crippen molar-refractivity contribution < 1.29 is 5.11 Å². The maximum atomic E-state index is 12.6. The number of nitrogens with one attached hydrogen (secondary N) is 1. The van der Waals surface area contributed by atoms with Crippen LogP contribution in [0.15, 0.2) is 27.8 Å². The van der Waals surface area contributed by atoms with E-state index in [0.717, 1.165) is 25.8 Å². The number of aromatic hydroxyl groups is 1. The number of aromatic nitrogens is 2. The van der Waals surface area contributed by atoms with Crippen LogP contribution in [0.5, 0.6) is 5.75 Å². The van der Waals surface area contributed by atoms with Gasteiger partial charge in [0.05, 0.1) is 5.52 Å². The molecule has 0 aliphatic carbocycles. The van der Waals surface area contributed by atoms with Crippen molar-refractivity contribution in [3.63, 3.8) is 0 Å². The molecule has 21 heavy (non-hydrogen) atoms. The van der Waals surface area contributed by atoms with Crippen molar-refractivity contribution in [1.82, 2.24) is 14.5 Å². The molecule has 0 spiro atoms. The van der Waals surface area contributed by atoms with Gasteiger partial charge in [-0.2, -0.15) is 0 Å². The summed E-state index contributed by atoms with van der Waals surface area (Å²) < 4.78 is 2.64. The predicted molar refractivity (Wildman–Crippen MR) is 80.8 cm³/mol. The van der Waals surface area contributed by atoms with Crippen LogP contribution >= 0.6 is 0 Å². The summed E-state index contributed by atoms with van der Waals surface area (Å²) in [4.78, 5) is 25.0. The number of fused-ring (bicyclic) bond motifs is 1. The molecule has 1 aromatic heterocycles. The first-order chi connectivity index (χ1) is 10.1. The van der Waals surface area contributed by atoms with Crippen molar-refractivity contribution in [3.05, 3.63) is 39.0 Å². The van der Waals surface area contributed by atoms with E-state index in [9.17, 15) is 14.7 Å². The van der Waals surface area contributed by atoms with Gasteiger partial charge in [-0.3, -0.25) is 13.9 Å². The molecule has 1 aromatic carbocycles. The SMILES string of the molecule is Cn1c(=O)n(CC2CCCCN2)c(=O)c2c(O)cccc21. The molecule has 1 aliphatic heterocycles. The topological polar surface area (TPSA) is 76.3 Å². The number of hydrogen-bond acceptors (Lipinski definition) is 4. The normalized spacial score (nSPS) is 19.0. The Morgan fingerprint density at radius 1 is 1.33 bits per heavy atom. The van der Waals surface area contributed by atoms with Crippen LogP contribution in [-0.2, 0) is 13.6 Å². The van der Waals surface area contributed by atoms with Crippen LogP contribution < -0.4 is 16.6 Å². The summed E-state index contributed by atoms with van der Waals surface area (Å²) in [6, 6.07) is 4.90. The Balaban J connectivity index is 2.16. The first kappa shape index (κ1) is 13.9. The van der Waals surface area contributed by atoms with Gasteiger partial charge in [-0.25, -0.2) is 4.79 Å². The Labute approximate surface area is 121 Å². The van der Waals surface area contributed by atoms with Crippen molar-refractivity contribution >= 4 is 10.9 Å². The van der Waals surface area contributed by atoms with Crippen molar-refractivity contribution in [2.24, 2.45) is 7.05 Å². The van der Waals surface area contributed by atoms with Crippen LogP contribution in [0.1, 0.15) is 19.3 Å². The minimum Gasteiger partial charge on any atom is -0.507 e. The minimum absolute atomic E-state index is 0.0848. The largest absolute Gasteiger partial charge is 0.507 e. The molecular formula is C15H19N3O3. The highest BCUT2D eigenvalue weighted by atomic mass is 16.3. The van der Waals surface area contributed by atoms with Gasteiger partial charge in [-0.15, -0.1) is 0 Å². The number of hydrogen-bond donors (Lipinski definition) is 2. The molecule has 2 heterocycles. The lowest BCUT2D eigenvalue weighted by atomic mass is 10.1. The van der Waals surface area contributed by atoms with Gasteiger partial charge >= 0.3 is 5.69 Å². The molecule has 3 rings (SSSR count). The zero-order chi connectivity index (χ0) is 15.0. The van der Waals surface area contributed by atoms with Gasteiger partial charge in [0.2, 0.25) is 0 Å². The third-order valence-electron chi connectivity index (χ3n) is 4.17. The number of piperidine rings is 1. The molecule has 2 N–H and O–H groups in total. The van der Waals surface area contributed by atoms with E-state index in [4.69, 9.17) is 0 Å². The molecule has 6 heteroatoms. The summed E-state index contributed by atoms with van der Waals surface area (Å²) >= 11 is 0. The summed E-state index contributed by atoms with van der Waals surface area (Å²) in [7, 11) is 1.62. The first-order valence-corrected chi connectivity index (χ1v) is 7.24. The highest BCUT2D eigenvalue weighted by Gasteiger charge is 2.18. The Kier molecular flexibility index (Phi) is 3.55. The Hall–Kier alpha value is -2.08. The van der Waals surface area contributed by atoms with E-state index in [-0.39, 0.29) is 22.9 Å². The molecule has 0 bridgehead atoms. The molecule has 1 aliphatic rings. The van der Waals surface area contributed by atoms with E-state index in [2.05, 4.69) is 5.32 Å². The number of nitrogens with zero attached hydrogens (tertiary/aromatic N) is 2. The lowest BCUT2D eigenvalue weighted by molar-refractivity contribution is 0.353. The van der Waals surface area contributed by atoms with E-state index >= 15 is 0 Å². The van der Waals surface area contributed by atoms with Crippen molar-refractivity contribution in [2.75, 3.05) is 6.54 Å². The predicted octanol–water partition coefficient (Wildman–Crippen LogP) is 0.548. The third-order valence-corrected chi connectivity index (χ3v) is 4.17. The number of rotatable bonds is 2. The van der Waals surface area contributed by atoms with Crippen LogP contribution in [0.25, 0.3) is 10.9 Å². The molecule has 1 fully saturated rings. The van der Waals surface area contributed by atoms with Crippen LogP contribution in [0.4, 0.5) is 0 Å². The molecule has 1 saturated heterocycles. The standard InChI is InChI=1S/C15H19N3O3/c1-17-11-6-4-7-12(19)13(11)14(20)18(15(17)21)9-10-5-2-3-8-16-10/h4,6-7,10,16,19H,2-3,5,8-9H2,1H3. The van der Waals surface area contributed by atoms with Gasteiger partial charge in [0.25, 0.3) is 5.56 Å². The van der Waals surface area contributed by atoms with Crippen LogP contribution in [-0.4, -0.2) is 26.8 Å². The molecule has 112 valence electrons. The summed E-state index contributed by atoms with van der Waals surface area (Å²) in [5, 5.41) is 13.5. The maximum Gasteiger partial charge on any atom is 0.331 e. The Morgan fingerprint density at radius 3 is 2.86 bits per heavy atom. The second-order valence-corrected chi connectivity index (χ2v) is 5.58. The van der Waals surface area contributed by atoms with Gasteiger partial charge in [0, 0.05) is 19.6 Å². The van der Waals surface area contributed by atoms with E-state index in [1.807, 2.05) is 0 Å². The minimum atomic E-state index is -0.418. The van der Waals surface area contributed by atoms with E-state index in [1.165, 1.54) is 15.2 Å². The van der Waals surface area contributed by atoms with Crippen LogP contribution in [0, 0.1) is 0 Å².